The van der Waals surface area contributed by atoms with E-state index in [4.69, 9.17) is 0 Å². The number of aromatic nitrogens is 1. The second-order valence-corrected chi connectivity index (χ2v) is 3.00. The molecular formula is C10H13NO3. The molecule has 76 valence electrons. The zero-order chi connectivity index (χ0) is 10.4. The topological polar surface area (TPSA) is 52.2 Å². The molecule has 0 saturated carbocycles. The molecule has 0 aliphatic heterocycles. The maximum absolute atomic E-state index is 11.2. The van der Waals surface area contributed by atoms with Gasteiger partial charge in [0.2, 0.25) is 0 Å². The van der Waals surface area contributed by atoms with Crippen molar-refractivity contribution in [2.24, 2.45) is 0 Å². The van der Waals surface area contributed by atoms with Gasteiger partial charge in [0, 0.05) is 18.7 Å². The second-order valence-electron chi connectivity index (χ2n) is 3.00. The first-order valence-corrected chi connectivity index (χ1v) is 4.49. The molecule has 1 rings (SSSR count). The third-order valence-corrected chi connectivity index (χ3v) is 2.05. The molecule has 0 radical (unpaired) electrons. The highest BCUT2D eigenvalue weighted by molar-refractivity contribution is 5.49. The normalized spacial score (nSPS) is 12.3. The average Bonchev–Trinajstić information content (AvgIpc) is 2.59. The van der Waals surface area contributed by atoms with Gasteiger partial charge in [-0.2, -0.15) is 0 Å². The Labute approximate surface area is 81.8 Å². The van der Waals surface area contributed by atoms with E-state index in [1.165, 1.54) is 10.8 Å². The zero-order valence-corrected chi connectivity index (χ0v) is 7.89. The van der Waals surface area contributed by atoms with Crippen molar-refractivity contribution in [3.05, 3.63) is 35.7 Å². The van der Waals surface area contributed by atoms with E-state index in [9.17, 15) is 9.59 Å². The van der Waals surface area contributed by atoms with Crippen LogP contribution in [0.15, 0.2) is 34.3 Å². The first-order valence-electron chi connectivity index (χ1n) is 4.49. The zero-order valence-electron chi connectivity index (χ0n) is 7.89. The maximum atomic E-state index is 11.2. The third-order valence-electron chi connectivity index (χ3n) is 2.05. The van der Waals surface area contributed by atoms with Gasteiger partial charge in [0.25, 0.3) is 0 Å². The second kappa shape index (κ2) is 5.21. The summed E-state index contributed by atoms with van der Waals surface area (Å²) in [6.45, 7) is 3.61. The number of aldehydes is 1. The minimum atomic E-state index is -0.386. The molecule has 1 heterocycles. The predicted octanol–water partition coefficient (Wildman–Crippen LogP) is 1.54. The van der Waals surface area contributed by atoms with Crippen molar-refractivity contribution < 1.29 is 9.21 Å². The van der Waals surface area contributed by atoms with E-state index in [0.717, 1.165) is 6.29 Å². The molecule has 0 N–H and O–H groups in total. The van der Waals surface area contributed by atoms with Gasteiger partial charge in [0.05, 0.1) is 0 Å². The van der Waals surface area contributed by atoms with Crippen molar-refractivity contribution in [1.29, 1.82) is 0 Å². The van der Waals surface area contributed by atoms with Crippen LogP contribution in [-0.2, 0) is 4.79 Å². The molecule has 0 spiro atoms. The van der Waals surface area contributed by atoms with Crippen LogP contribution in [-0.4, -0.2) is 10.9 Å². The van der Waals surface area contributed by atoms with E-state index in [0.29, 0.717) is 19.3 Å². The molecule has 0 amide bonds. The fourth-order valence-electron chi connectivity index (χ4n) is 1.37. The molecule has 0 fully saturated rings. The van der Waals surface area contributed by atoms with Gasteiger partial charge < -0.3 is 9.21 Å². The molecule has 0 aliphatic rings. The van der Waals surface area contributed by atoms with Gasteiger partial charge in [0.1, 0.15) is 12.5 Å². The number of nitrogens with zero attached hydrogens (tertiary/aromatic N) is 1. The van der Waals surface area contributed by atoms with Gasteiger partial charge in [-0.15, -0.1) is 6.58 Å². The minimum Gasteiger partial charge on any atom is -0.416 e. The van der Waals surface area contributed by atoms with Crippen LogP contribution in [0.5, 0.6) is 0 Å². The van der Waals surface area contributed by atoms with Crippen molar-refractivity contribution in [2.45, 2.75) is 25.3 Å². The molecule has 4 nitrogen and oxygen atoms in total. The summed E-state index contributed by atoms with van der Waals surface area (Å²) in [6, 6.07) is -0.0241. The molecule has 0 saturated heterocycles. The molecule has 0 bridgehead atoms. The summed E-state index contributed by atoms with van der Waals surface area (Å²) in [5, 5.41) is 0. The monoisotopic (exact) mass is 195 g/mol. The lowest BCUT2D eigenvalue weighted by atomic mass is 10.1. The first-order chi connectivity index (χ1) is 6.79. The van der Waals surface area contributed by atoms with Gasteiger partial charge in [-0.05, 0) is 12.8 Å². The minimum absolute atomic E-state index is 0.0241. The smallest absolute Gasteiger partial charge is 0.416 e. The highest BCUT2D eigenvalue weighted by Gasteiger charge is 2.11. The molecule has 4 heteroatoms. The van der Waals surface area contributed by atoms with Crippen LogP contribution in [0.1, 0.15) is 25.3 Å². The van der Waals surface area contributed by atoms with Crippen molar-refractivity contribution in [1.82, 2.24) is 4.57 Å². The van der Waals surface area contributed by atoms with Crippen LogP contribution in [0.3, 0.4) is 0 Å². The van der Waals surface area contributed by atoms with Gasteiger partial charge in [-0.1, -0.05) is 6.08 Å². The predicted molar refractivity (Wildman–Crippen MR) is 52.1 cm³/mol. The Morgan fingerprint density at radius 2 is 2.43 bits per heavy atom. The number of hydrogen-bond donors (Lipinski definition) is 0. The summed E-state index contributed by atoms with van der Waals surface area (Å²) in [5.41, 5.74) is 0. The van der Waals surface area contributed by atoms with Gasteiger partial charge in [0.15, 0.2) is 0 Å². The molecular weight excluding hydrogens is 182 g/mol. The Bertz CT molecular complexity index is 350. The summed E-state index contributed by atoms with van der Waals surface area (Å²) < 4.78 is 6.15. The van der Waals surface area contributed by atoms with E-state index in [1.54, 1.807) is 12.3 Å². The molecule has 1 aromatic rings. The summed E-state index contributed by atoms with van der Waals surface area (Å²) in [7, 11) is 0. The van der Waals surface area contributed by atoms with Crippen LogP contribution >= 0.6 is 0 Å². The number of carbonyl (C=O) groups is 1. The van der Waals surface area contributed by atoms with Crippen molar-refractivity contribution in [3.63, 3.8) is 0 Å². The molecule has 1 aromatic heterocycles. The van der Waals surface area contributed by atoms with Gasteiger partial charge in [-0.3, -0.25) is 4.57 Å². The molecule has 0 unspecified atom stereocenters. The van der Waals surface area contributed by atoms with Gasteiger partial charge >= 0.3 is 5.76 Å². The fourth-order valence-corrected chi connectivity index (χ4v) is 1.37. The lowest BCUT2D eigenvalue weighted by molar-refractivity contribution is -0.108. The summed E-state index contributed by atoms with van der Waals surface area (Å²) in [4.78, 5) is 21.4. The Balaban J connectivity index is 2.76. The fraction of sp³-hybridized carbons (Fsp3) is 0.400. The van der Waals surface area contributed by atoms with E-state index < -0.39 is 0 Å². The first kappa shape index (κ1) is 10.5. The highest BCUT2D eigenvalue weighted by Crippen LogP contribution is 2.15. The van der Waals surface area contributed by atoms with Crippen LogP contribution in [0.25, 0.3) is 0 Å². The lowest BCUT2D eigenvalue weighted by Gasteiger charge is -2.12. The summed E-state index contributed by atoms with van der Waals surface area (Å²) in [5.74, 6) is -0.386. The Morgan fingerprint density at radius 1 is 1.64 bits per heavy atom. The Morgan fingerprint density at radius 3 is 2.93 bits per heavy atom. The van der Waals surface area contributed by atoms with Crippen molar-refractivity contribution in [3.8, 4) is 0 Å². The number of hydrogen-bond acceptors (Lipinski definition) is 3. The third kappa shape index (κ3) is 2.45. The SMILES string of the molecule is C=CC[C@@H](CCC=O)n1ccoc1=O. The number of rotatable bonds is 6. The highest BCUT2D eigenvalue weighted by atomic mass is 16.4. The number of carbonyl (C=O) groups excluding carboxylic acids is 1. The number of oxazole rings is 1. The lowest BCUT2D eigenvalue weighted by Crippen LogP contribution is -2.19. The van der Waals surface area contributed by atoms with Crippen LogP contribution < -0.4 is 5.76 Å². The van der Waals surface area contributed by atoms with Crippen LogP contribution in [0, 0.1) is 0 Å². The molecule has 0 aromatic carbocycles. The maximum Gasteiger partial charge on any atom is 0.419 e. The van der Waals surface area contributed by atoms with E-state index in [1.807, 2.05) is 0 Å². The van der Waals surface area contributed by atoms with Crippen molar-refractivity contribution in [2.75, 3.05) is 0 Å². The van der Waals surface area contributed by atoms with E-state index in [2.05, 4.69) is 11.0 Å². The van der Waals surface area contributed by atoms with Crippen LogP contribution in [0.2, 0.25) is 0 Å². The summed E-state index contributed by atoms with van der Waals surface area (Å²) >= 11 is 0. The largest absolute Gasteiger partial charge is 0.419 e. The quantitative estimate of drug-likeness (QED) is 0.511. The van der Waals surface area contributed by atoms with E-state index in [-0.39, 0.29) is 11.8 Å². The standard InChI is InChI=1S/C10H13NO3/c1-2-4-9(5-3-7-12)11-6-8-14-10(11)13/h2,6-9H,1,3-5H2/t9-/m0/s1. The van der Waals surface area contributed by atoms with Crippen LogP contribution in [0.4, 0.5) is 0 Å². The van der Waals surface area contributed by atoms with E-state index >= 15 is 0 Å². The van der Waals surface area contributed by atoms with Gasteiger partial charge in [-0.25, -0.2) is 4.79 Å². The molecule has 14 heavy (non-hydrogen) atoms. The summed E-state index contributed by atoms with van der Waals surface area (Å²) in [6.07, 6.45) is 7.25. The Kier molecular flexibility index (Phi) is 3.91. The molecule has 0 aliphatic carbocycles. The van der Waals surface area contributed by atoms with Crippen molar-refractivity contribution >= 4 is 6.29 Å². The number of allylic oxidation sites excluding steroid dienone is 1. The average molecular weight is 195 g/mol. The molecule has 1 atom stereocenters. The Hall–Kier alpha value is -1.58.